The minimum absolute atomic E-state index is 0.0116. The predicted molar refractivity (Wildman–Crippen MR) is 88.5 cm³/mol. The summed E-state index contributed by atoms with van der Waals surface area (Å²) in [5.41, 5.74) is -1.02. The molecular weight excluding hydrogens is 319 g/mol. The van der Waals surface area contributed by atoms with Crippen molar-refractivity contribution in [1.82, 2.24) is 10.6 Å². The molecule has 0 radical (unpaired) electrons. The zero-order valence-corrected chi connectivity index (χ0v) is 15.3. The highest BCUT2D eigenvalue weighted by molar-refractivity contribution is 5.77. The van der Waals surface area contributed by atoms with E-state index in [1.165, 1.54) is 6.92 Å². The molecule has 8 heteroatoms. The lowest BCUT2D eigenvalue weighted by Crippen LogP contribution is -2.44. The third kappa shape index (κ3) is 12.2. The van der Waals surface area contributed by atoms with Gasteiger partial charge < -0.3 is 24.8 Å². The monoisotopic (exact) mass is 350 g/mol. The molecular formula is C16H31FN2O5. The van der Waals surface area contributed by atoms with E-state index in [2.05, 4.69) is 10.6 Å². The molecule has 0 fully saturated rings. The van der Waals surface area contributed by atoms with Crippen LogP contribution in [0, 0.1) is 0 Å². The largest absolute Gasteiger partial charge is 0.377 e. The Bertz CT molecular complexity index is 377. The molecule has 0 rings (SSSR count). The molecule has 0 aromatic heterocycles. The summed E-state index contributed by atoms with van der Waals surface area (Å²) < 4.78 is 29.9. The van der Waals surface area contributed by atoms with E-state index in [1.54, 1.807) is 13.8 Å². The number of rotatable bonds is 13. The first-order valence-corrected chi connectivity index (χ1v) is 8.13. The second-order valence-corrected chi connectivity index (χ2v) is 6.18. The smallest absolute Gasteiger partial charge is 0.246 e. The Morgan fingerprint density at radius 1 is 1.12 bits per heavy atom. The molecule has 24 heavy (non-hydrogen) atoms. The van der Waals surface area contributed by atoms with E-state index >= 15 is 0 Å². The van der Waals surface area contributed by atoms with Crippen molar-refractivity contribution in [2.24, 2.45) is 0 Å². The molecule has 0 saturated carbocycles. The molecule has 0 aliphatic carbocycles. The van der Waals surface area contributed by atoms with Gasteiger partial charge in [0, 0.05) is 13.5 Å². The fourth-order valence-electron chi connectivity index (χ4n) is 1.59. The molecule has 0 aliphatic rings. The fourth-order valence-corrected chi connectivity index (χ4v) is 1.59. The van der Waals surface area contributed by atoms with Gasteiger partial charge in [-0.25, -0.2) is 4.39 Å². The number of hydrogen-bond acceptors (Lipinski definition) is 5. The van der Waals surface area contributed by atoms with Gasteiger partial charge in [0.1, 0.15) is 12.8 Å². The highest BCUT2D eigenvalue weighted by atomic mass is 19.1. The van der Waals surface area contributed by atoms with Crippen LogP contribution < -0.4 is 10.6 Å². The molecule has 0 heterocycles. The van der Waals surface area contributed by atoms with Crippen molar-refractivity contribution in [1.29, 1.82) is 0 Å². The molecule has 0 bridgehead atoms. The summed E-state index contributed by atoms with van der Waals surface area (Å²) in [6.07, 6.45) is -1.31. The second kappa shape index (κ2) is 12.2. The van der Waals surface area contributed by atoms with Crippen LogP contribution in [0.4, 0.5) is 4.39 Å². The maximum absolute atomic E-state index is 13.9. The Hall–Kier alpha value is -1.25. The van der Waals surface area contributed by atoms with Crippen molar-refractivity contribution in [3.63, 3.8) is 0 Å². The molecule has 0 aliphatic heterocycles. The molecule has 142 valence electrons. The first-order valence-electron chi connectivity index (χ1n) is 8.13. The van der Waals surface area contributed by atoms with Crippen molar-refractivity contribution < 1.29 is 28.2 Å². The van der Waals surface area contributed by atoms with Gasteiger partial charge in [-0.15, -0.1) is 0 Å². The average Bonchev–Trinajstić information content (AvgIpc) is 2.49. The number of ether oxygens (including phenoxy) is 3. The molecule has 7 nitrogen and oxygen atoms in total. The fraction of sp³-hybridized carbons (Fsp3) is 0.875. The quantitative estimate of drug-likeness (QED) is 0.480. The summed E-state index contributed by atoms with van der Waals surface area (Å²) in [4.78, 5) is 22.1. The van der Waals surface area contributed by atoms with Crippen LogP contribution in [0.2, 0.25) is 0 Å². The van der Waals surface area contributed by atoms with E-state index in [0.29, 0.717) is 13.2 Å². The van der Waals surface area contributed by atoms with Gasteiger partial charge in [-0.05, 0) is 27.7 Å². The maximum Gasteiger partial charge on any atom is 0.246 e. The minimum Gasteiger partial charge on any atom is -0.377 e. The normalized spacial score (nSPS) is 13.0. The molecule has 0 saturated heterocycles. The number of halogens is 1. The van der Waals surface area contributed by atoms with E-state index < -0.39 is 11.8 Å². The lowest BCUT2D eigenvalue weighted by atomic mass is 10.0. The third-order valence-electron chi connectivity index (χ3n) is 3.10. The molecule has 0 spiro atoms. The predicted octanol–water partition coefficient (Wildman–Crippen LogP) is 0.814. The topological polar surface area (TPSA) is 85.9 Å². The van der Waals surface area contributed by atoms with E-state index in [-0.39, 0.29) is 44.3 Å². The van der Waals surface area contributed by atoms with Crippen LogP contribution >= 0.6 is 0 Å². The first kappa shape index (κ1) is 22.8. The minimum atomic E-state index is -1.32. The summed E-state index contributed by atoms with van der Waals surface area (Å²) in [7, 11) is 0. The molecule has 2 N–H and O–H groups in total. The van der Waals surface area contributed by atoms with Crippen molar-refractivity contribution in [2.45, 2.75) is 52.5 Å². The zero-order chi connectivity index (χ0) is 18.6. The number of hydrogen-bond donors (Lipinski definition) is 2. The number of amides is 2. The van der Waals surface area contributed by atoms with Crippen LogP contribution in [0.3, 0.4) is 0 Å². The molecule has 1 unspecified atom stereocenters. The van der Waals surface area contributed by atoms with E-state index in [1.807, 2.05) is 13.8 Å². The number of carbonyl (C=O) groups is 2. The zero-order valence-electron chi connectivity index (χ0n) is 15.3. The average molecular weight is 350 g/mol. The Morgan fingerprint density at radius 2 is 1.79 bits per heavy atom. The van der Waals surface area contributed by atoms with Gasteiger partial charge in [0.25, 0.3) is 0 Å². The standard InChI is InChI=1S/C16H31FN2O5/c1-12(2)23-11-15(21)18-6-7-22-8-9-24-16(4,5)14(17)10-19-13(3)20/h12,14H,6-11H2,1-5H3,(H,18,21)(H,19,20). The van der Waals surface area contributed by atoms with Crippen molar-refractivity contribution in [3.05, 3.63) is 0 Å². The van der Waals surface area contributed by atoms with Crippen LogP contribution in [0.5, 0.6) is 0 Å². The van der Waals surface area contributed by atoms with Crippen molar-refractivity contribution in [3.8, 4) is 0 Å². The van der Waals surface area contributed by atoms with Gasteiger partial charge >= 0.3 is 0 Å². The van der Waals surface area contributed by atoms with Gasteiger partial charge in [0.2, 0.25) is 11.8 Å². The Kier molecular flexibility index (Phi) is 11.5. The number of alkyl halides is 1. The van der Waals surface area contributed by atoms with Gasteiger partial charge in [0.15, 0.2) is 0 Å². The number of carbonyl (C=O) groups excluding carboxylic acids is 2. The lowest BCUT2D eigenvalue weighted by molar-refractivity contribution is -0.127. The van der Waals surface area contributed by atoms with Gasteiger partial charge in [-0.2, -0.15) is 0 Å². The lowest BCUT2D eigenvalue weighted by Gasteiger charge is -2.29. The van der Waals surface area contributed by atoms with Crippen molar-refractivity contribution >= 4 is 11.8 Å². The SMILES string of the molecule is CC(=O)NCC(F)C(C)(C)OCCOCCNC(=O)COC(C)C. The highest BCUT2D eigenvalue weighted by Gasteiger charge is 2.30. The van der Waals surface area contributed by atoms with Gasteiger partial charge in [-0.3, -0.25) is 9.59 Å². The maximum atomic E-state index is 13.9. The van der Waals surface area contributed by atoms with Gasteiger partial charge in [-0.1, -0.05) is 0 Å². The first-order chi connectivity index (χ1) is 11.1. The molecule has 0 aromatic rings. The summed E-state index contributed by atoms with van der Waals surface area (Å²) in [6.45, 7) is 9.44. The second-order valence-electron chi connectivity index (χ2n) is 6.18. The van der Waals surface area contributed by atoms with E-state index in [9.17, 15) is 14.0 Å². The summed E-state index contributed by atoms with van der Waals surface area (Å²) in [5.74, 6) is -0.472. The Balaban J connectivity index is 3.67. The summed E-state index contributed by atoms with van der Waals surface area (Å²) in [5, 5.41) is 5.08. The van der Waals surface area contributed by atoms with E-state index in [4.69, 9.17) is 14.2 Å². The number of nitrogens with one attached hydrogen (secondary N) is 2. The molecule has 2 amide bonds. The van der Waals surface area contributed by atoms with Gasteiger partial charge in [0.05, 0.1) is 38.1 Å². The molecule has 1 atom stereocenters. The van der Waals surface area contributed by atoms with Crippen LogP contribution in [-0.4, -0.2) is 69.2 Å². The van der Waals surface area contributed by atoms with Crippen molar-refractivity contribution in [2.75, 3.05) is 39.5 Å². The van der Waals surface area contributed by atoms with Crippen LogP contribution in [-0.2, 0) is 23.8 Å². The Morgan fingerprint density at radius 3 is 2.38 bits per heavy atom. The summed E-state index contributed by atoms with van der Waals surface area (Å²) in [6, 6.07) is 0. The van der Waals surface area contributed by atoms with Crippen LogP contribution in [0.15, 0.2) is 0 Å². The summed E-state index contributed by atoms with van der Waals surface area (Å²) >= 11 is 0. The van der Waals surface area contributed by atoms with Crippen LogP contribution in [0.25, 0.3) is 0 Å². The molecule has 0 aromatic carbocycles. The van der Waals surface area contributed by atoms with Crippen LogP contribution in [0.1, 0.15) is 34.6 Å². The van der Waals surface area contributed by atoms with E-state index in [0.717, 1.165) is 0 Å². The Labute approximate surface area is 143 Å². The highest BCUT2D eigenvalue weighted by Crippen LogP contribution is 2.17. The third-order valence-corrected chi connectivity index (χ3v) is 3.10.